The molecule has 2 aromatic carbocycles. The van der Waals surface area contributed by atoms with Crippen LogP contribution in [-0.2, 0) is 11.8 Å². The fourth-order valence-corrected chi connectivity index (χ4v) is 5.71. The van der Waals surface area contributed by atoms with Gasteiger partial charge < -0.3 is 9.47 Å². The molecule has 2 aliphatic rings. The molecule has 3 aromatic rings. The third kappa shape index (κ3) is 1.67. The van der Waals surface area contributed by atoms with Crippen molar-refractivity contribution in [2.45, 2.75) is 10.9 Å². The number of rotatable bonds is 0. The molecule has 4 heteroatoms. The van der Waals surface area contributed by atoms with E-state index in [1.54, 1.807) is 0 Å². The molecule has 0 radical (unpaired) electrons. The van der Waals surface area contributed by atoms with Gasteiger partial charge in [0.2, 0.25) is 5.91 Å². The maximum absolute atomic E-state index is 13.0. The Morgan fingerprint density at radius 3 is 2.67 bits per heavy atom. The number of benzene rings is 2. The molecule has 0 unspecified atom stereocenters. The number of aromatic nitrogens is 1. The van der Waals surface area contributed by atoms with Crippen LogP contribution in [0.25, 0.3) is 10.9 Å². The molecule has 24 heavy (non-hydrogen) atoms. The lowest BCUT2D eigenvalue weighted by molar-refractivity contribution is -0.122. The first-order valence-corrected chi connectivity index (χ1v) is 9.23. The molecular weight excluding hydrogens is 316 g/mol. The van der Waals surface area contributed by atoms with Crippen molar-refractivity contribution >= 4 is 34.3 Å². The molecule has 120 valence electrons. The number of amides is 1. The van der Waals surface area contributed by atoms with Crippen LogP contribution in [0, 0.1) is 5.92 Å². The lowest BCUT2D eigenvalue weighted by Gasteiger charge is -2.40. The Kier molecular flexibility index (Phi) is 2.89. The number of hydrogen-bond acceptors (Lipinski definition) is 2. The molecule has 5 rings (SSSR count). The van der Waals surface area contributed by atoms with Crippen LogP contribution >= 0.6 is 11.8 Å². The molecule has 1 aromatic heterocycles. The van der Waals surface area contributed by atoms with Gasteiger partial charge in [-0.05, 0) is 17.7 Å². The van der Waals surface area contributed by atoms with Gasteiger partial charge in [-0.1, -0.05) is 36.4 Å². The number of hydrogen-bond donors (Lipinski definition) is 0. The van der Waals surface area contributed by atoms with Crippen LogP contribution in [0.15, 0.2) is 53.6 Å². The van der Waals surface area contributed by atoms with Gasteiger partial charge in [0.25, 0.3) is 0 Å². The van der Waals surface area contributed by atoms with E-state index in [2.05, 4.69) is 54.1 Å². The van der Waals surface area contributed by atoms with Crippen LogP contribution in [-0.4, -0.2) is 23.3 Å². The molecule has 0 N–H and O–H groups in total. The quantitative estimate of drug-likeness (QED) is 0.621. The molecule has 0 saturated carbocycles. The zero-order valence-corrected chi connectivity index (χ0v) is 14.5. The number of carbonyl (C=O) groups excluding carboxylic acids is 1. The monoisotopic (exact) mass is 334 g/mol. The standard InChI is InChI=1S/C20H18N2OS/c1-21-15-9-5-3-7-12(15)17-14(19(21)23)11-24-20-18(17)13-8-4-6-10-16(13)22(20)2/h3-10,14,17H,11H2,1-2H3/t14-,17-/m0/s1. The first kappa shape index (κ1) is 14.2. The van der Waals surface area contributed by atoms with Gasteiger partial charge in [-0.15, -0.1) is 11.8 Å². The Morgan fingerprint density at radius 1 is 1.04 bits per heavy atom. The summed E-state index contributed by atoms with van der Waals surface area (Å²) in [5.74, 6) is 1.27. The summed E-state index contributed by atoms with van der Waals surface area (Å²) in [6.45, 7) is 0. The zero-order chi connectivity index (χ0) is 16.4. The summed E-state index contributed by atoms with van der Waals surface area (Å²) >= 11 is 1.82. The van der Waals surface area contributed by atoms with Gasteiger partial charge >= 0.3 is 0 Å². The second kappa shape index (κ2) is 4.90. The van der Waals surface area contributed by atoms with E-state index in [1.807, 2.05) is 29.8 Å². The van der Waals surface area contributed by atoms with Crippen LogP contribution < -0.4 is 4.90 Å². The minimum absolute atomic E-state index is 0.0215. The van der Waals surface area contributed by atoms with Crippen molar-refractivity contribution in [1.82, 2.24) is 4.57 Å². The highest BCUT2D eigenvalue weighted by molar-refractivity contribution is 7.99. The molecule has 0 fully saturated rings. The average Bonchev–Trinajstić information content (AvgIpc) is 2.92. The predicted molar refractivity (Wildman–Crippen MR) is 98.8 cm³/mol. The van der Waals surface area contributed by atoms with Gasteiger partial charge in [0, 0.05) is 47.9 Å². The van der Waals surface area contributed by atoms with E-state index in [4.69, 9.17) is 0 Å². The summed E-state index contributed by atoms with van der Waals surface area (Å²) < 4.78 is 2.29. The maximum atomic E-state index is 13.0. The first-order valence-electron chi connectivity index (χ1n) is 8.25. The fraction of sp³-hybridized carbons (Fsp3) is 0.250. The lowest BCUT2D eigenvalue weighted by Crippen LogP contribution is -2.43. The fourth-order valence-electron chi connectivity index (χ4n) is 4.35. The Bertz CT molecular complexity index is 990. The Hall–Kier alpha value is -2.20. The Labute approximate surface area is 145 Å². The number of thioether (sulfide) groups is 1. The van der Waals surface area contributed by atoms with Crippen LogP contribution in [0.1, 0.15) is 17.0 Å². The third-order valence-electron chi connectivity index (χ3n) is 5.48. The van der Waals surface area contributed by atoms with Gasteiger partial charge in [0.15, 0.2) is 0 Å². The van der Waals surface area contributed by atoms with E-state index >= 15 is 0 Å². The smallest absolute Gasteiger partial charge is 0.231 e. The van der Waals surface area contributed by atoms with Gasteiger partial charge in [-0.2, -0.15) is 0 Å². The van der Waals surface area contributed by atoms with Crippen molar-refractivity contribution in [3.05, 3.63) is 59.7 Å². The number of anilines is 1. The van der Waals surface area contributed by atoms with Crippen LogP contribution in [0.2, 0.25) is 0 Å². The lowest BCUT2D eigenvalue weighted by atomic mass is 9.77. The molecule has 0 aliphatic carbocycles. The summed E-state index contributed by atoms with van der Waals surface area (Å²) in [5.41, 5.74) is 4.92. The summed E-state index contributed by atoms with van der Waals surface area (Å²) in [6.07, 6.45) is 0. The van der Waals surface area contributed by atoms with E-state index in [0.717, 1.165) is 11.4 Å². The number of aryl methyl sites for hydroxylation is 1. The second-order valence-corrected chi connectivity index (χ2v) is 7.65. The number of nitrogens with zero attached hydrogens (tertiary/aromatic N) is 2. The topological polar surface area (TPSA) is 25.2 Å². The highest BCUT2D eigenvalue weighted by Gasteiger charge is 2.44. The zero-order valence-electron chi connectivity index (χ0n) is 13.7. The van der Waals surface area contributed by atoms with E-state index in [-0.39, 0.29) is 17.7 Å². The Morgan fingerprint density at radius 2 is 1.79 bits per heavy atom. The van der Waals surface area contributed by atoms with Crippen LogP contribution in [0.5, 0.6) is 0 Å². The average molecular weight is 334 g/mol. The molecule has 3 nitrogen and oxygen atoms in total. The van der Waals surface area contributed by atoms with Crippen LogP contribution in [0.4, 0.5) is 5.69 Å². The maximum Gasteiger partial charge on any atom is 0.231 e. The SMILES string of the molecule is CN1C(=O)[C@H]2CSc3c(c4ccccc4n3C)[C@H]2c2ccccc21. The van der Waals surface area contributed by atoms with E-state index in [1.165, 1.54) is 27.1 Å². The van der Waals surface area contributed by atoms with E-state index in [9.17, 15) is 4.79 Å². The molecule has 0 spiro atoms. The van der Waals surface area contributed by atoms with Crippen molar-refractivity contribution in [3.63, 3.8) is 0 Å². The van der Waals surface area contributed by atoms with Crippen molar-refractivity contribution in [3.8, 4) is 0 Å². The molecule has 0 bridgehead atoms. The third-order valence-corrected chi connectivity index (χ3v) is 6.78. The van der Waals surface area contributed by atoms with Gasteiger partial charge in [0.05, 0.1) is 10.9 Å². The number of carbonyl (C=O) groups is 1. The molecule has 2 atom stereocenters. The molecule has 3 heterocycles. The molecular formula is C20H18N2OS. The van der Waals surface area contributed by atoms with Crippen LogP contribution in [0.3, 0.4) is 0 Å². The van der Waals surface area contributed by atoms with Gasteiger partial charge in [0.1, 0.15) is 0 Å². The van der Waals surface area contributed by atoms with E-state index in [0.29, 0.717) is 0 Å². The van der Waals surface area contributed by atoms with Gasteiger partial charge in [-0.3, -0.25) is 4.79 Å². The Balaban J connectivity index is 1.86. The summed E-state index contributed by atoms with van der Waals surface area (Å²) in [7, 11) is 4.04. The van der Waals surface area contributed by atoms with Crippen molar-refractivity contribution in [2.24, 2.45) is 13.0 Å². The van der Waals surface area contributed by atoms with Crippen molar-refractivity contribution < 1.29 is 4.79 Å². The summed E-state index contributed by atoms with van der Waals surface area (Å²) in [5, 5.41) is 2.59. The normalized spacial score (nSPS) is 22.2. The number of fused-ring (bicyclic) bond motifs is 7. The highest BCUT2D eigenvalue weighted by atomic mass is 32.2. The second-order valence-electron chi connectivity index (χ2n) is 6.65. The summed E-state index contributed by atoms with van der Waals surface area (Å²) in [4.78, 5) is 14.8. The molecule has 2 aliphatic heterocycles. The predicted octanol–water partition coefficient (Wildman–Crippen LogP) is 4.01. The minimum atomic E-state index is 0.0215. The minimum Gasteiger partial charge on any atom is -0.339 e. The van der Waals surface area contributed by atoms with Crippen molar-refractivity contribution in [2.75, 3.05) is 17.7 Å². The molecule has 1 amide bonds. The number of para-hydroxylation sites is 2. The van der Waals surface area contributed by atoms with Crippen molar-refractivity contribution in [1.29, 1.82) is 0 Å². The highest BCUT2D eigenvalue weighted by Crippen LogP contribution is 2.53. The largest absolute Gasteiger partial charge is 0.339 e. The molecule has 0 saturated heterocycles. The van der Waals surface area contributed by atoms with Gasteiger partial charge in [-0.25, -0.2) is 0 Å². The summed E-state index contributed by atoms with van der Waals surface area (Å²) in [6, 6.07) is 16.9. The first-order chi connectivity index (χ1) is 11.7. The van der Waals surface area contributed by atoms with E-state index < -0.39 is 0 Å².